The predicted octanol–water partition coefficient (Wildman–Crippen LogP) is 3.55. The Kier molecular flexibility index (Phi) is 4.60. The molecule has 0 spiro atoms. The Morgan fingerprint density at radius 1 is 1.18 bits per heavy atom. The lowest BCUT2D eigenvalue weighted by Crippen LogP contribution is -2.13. The normalized spacial score (nSPS) is 10.9. The summed E-state index contributed by atoms with van der Waals surface area (Å²) in [6.45, 7) is 3.94. The highest BCUT2D eigenvalue weighted by molar-refractivity contribution is 6.09. The van der Waals surface area contributed by atoms with Gasteiger partial charge in [0.1, 0.15) is 17.4 Å². The molecule has 4 nitrogen and oxygen atoms in total. The number of amides is 1. The molecule has 0 saturated carbocycles. The van der Waals surface area contributed by atoms with Crippen LogP contribution in [0.5, 0.6) is 5.75 Å². The molecule has 0 atom stereocenters. The minimum absolute atomic E-state index is 0.0224. The number of rotatable bonds is 3. The number of carbonyl (C=O) groups is 1. The second kappa shape index (κ2) is 6.59. The van der Waals surface area contributed by atoms with Gasteiger partial charge in [-0.15, -0.1) is 0 Å². The lowest BCUT2D eigenvalue weighted by Gasteiger charge is -2.07. The summed E-state index contributed by atoms with van der Waals surface area (Å²) < 4.78 is 0. The fourth-order valence-electron chi connectivity index (χ4n) is 1.93. The van der Waals surface area contributed by atoms with Crippen LogP contribution in [0.1, 0.15) is 16.7 Å². The van der Waals surface area contributed by atoms with Gasteiger partial charge in [-0.1, -0.05) is 24.3 Å². The van der Waals surface area contributed by atoms with Crippen LogP contribution in [0.15, 0.2) is 48.0 Å². The average Bonchev–Trinajstić information content (AvgIpc) is 2.50. The van der Waals surface area contributed by atoms with E-state index < -0.39 is 5.91 Å². The number of nitrogens with one attached hydrogen (secondary N) is 1. The van der Waals surface area contributed by atoms with Gasteiger partial charge in [0.25, 0.3) is 5.91 Å². The van der Waals surface area contributed by atoms with Crippen molar-refractivity contribution in [2.75, 3.05) is 5.32 Å². The number of nitriles is 1. The Balaban J connectivity index is 2.24. The number of aromatic hydroxyl groups is 1. The summed E-state index contributed by atoms with van der Waals surface area (Å²) in [5.41, 5.74) is 3.17. The Labute approximate surface area is 129 Å². The topological polar surface area (TPSA) is 73.1 Å². The molecule has 2 rings (SSSR count). The first-order valence-corrected chi connectivity index (χ1v) is 6.79. The van der Waals surface area contributed by atoms with Crippen molar-refractivity contribution in [2.45, 2.75) is 13.8 Å². The number of aryl methyl sites for hydroxylation is 2. The minimum Gasteiger partial charge on any atom is -0.507 e. The fraction of sp³-hybridized carbons (Fsp3) is 0.111. The van der Waals surface area contributed by atoms with Crippen molar-refractivity contribution in [3.8, 4) is 11.8 Å². The minimum atomic E-state index is -0.506. The molecule has 0 aliphatic heterocycles. The third-order valence-electron chi connectivity index (χ3n) is 3.37. The molecule has 2 aromatic carbocycles. The number of hydrogen-bond acceptors (Lipinski definition) is 3. The zero-order valence-corrected chi connectivity index (χ0v) is 12.4. The number of anilines is 1. The summed E-state index contributed by atoms with van der Waals surface area (Å²) in [7, 11) is 0. The maximum Gasteiger partial charge on any atom is 0.266 e. The van der Waals surface area contributed by atoms with Crippen molar-refractivity contribution in [1.82, 2.24) is 0 Å². The molecule has 2 aromatic rings. The third kappa shape index (κ3) is 3.53. The molecule has 0 radical (unpaired) electrons. The summed E-state index contributed by atoms with van der Waals surface area (Å²) >= 11 is 0. The molecular formula is C18H16N2O2. The number of para-hydroxylation sites is 1. The molecule has 0 bridgehead atoms. The van der Waals surface area contributed by atoms with Gasteiger partial charge in [-0.05, 0) is 49.2 Å². The van der Waals surface area contributed by atoms with Crippen molar-refractivity contribution in [2.24, 2.45) is 0 Å². The summed E-state index contributed by atoms with van der Waals surface area (Å²) in [6.07, 6.45) is 1.37. The van der Waals surface area contributed by atoms with Crippen LogP contribution in [0.25, 0.3) is 6.08 Å². The van der Waals surface area contributed by atoms with Gasteiger partial charge in [0, 0.05) is 11.3 Å². The van der Waals surface area contributed by atoms with E-state index >= 15 is 0 Å². The van der Waals surface area contributed by atoms with Gasteiger partial charge in [-0.25, -0.2) is 0 Å². The zero-order chi connectivity index (χ0) is 16.1. The largest absolute Gasteiger partial charge is 0.507 e. The molecule has 0 fully saturated rings. The molecule has 0 aliphatic rings. The second-order valence-electron chi connectivity index (χ2n) is 4.98. The van der Waals surface area contributed by atoms with Crippen molar-refractivity contribution in [3.63, 3.8) is 0 Å². The SMILES string of the molecule is Cc1ccc(NC(=O)C(C#N)=Cc2ccccc2O)cc1C. The van der Waals surface area contributed by atoms with E-state index in [2.05, 4.69) is 5.32 Å². The Morgan fingerprint density at radius 2 is 1.91 bits per heavy atom. The van der Waals surface area contributed by atoms with Crippen LogP contribution in [-0.4, -0.2) is 11.0 Å². The van der Waals surface area contributed by atoms with E-state index in [1.54, 1.807) is 24.3 Å². The van der Waals surface area contributed by atoms with Gasteiger partial charge in [-0.3, -0.25) is 4.79 Å². The van der Waals surface area contributed by atoms with Crippen molar-refractivity contribution in [1.29, 1.82) is 5.26 Å². The standard InChI is InChI=1S/C18H16N2O2/c1-12-7-8-16(9-13(12)2)20-18(22)15(11-19)10-14-5-3-4-6-17(14)21/h3-10,21H,1-2H3,(H,20,22). The molecule has 2 N–H and O–H groups in total. The van der Waals surface area contributed by atoms with Gasteiger partial charge in [0.15, 0.2) is 0 Å². The summed E-state index contributed by atoms with van der Waals surface area (Å²) in [5.74, 6) is -0.483. The first-order valence-electron chi connectivity index (χ1n) is 6.79. The number of benzene rings is 2. The van der Waals surface area contributed by atoms with E-state index in [9.17, 15) is 9.90 Å². The van der Waals surface area contributed by atoms with Crippen molar-refractivity contribution >= 4 is 17.7 Å². The predicted molar refractivity (Wildman–Crippen MR) is 86.2 cm³/mol. The first kappa shape index (κ1) is 15.3. The lowest BCUT2D eigenvalue weighted by atomic mass is 10.1. The number of phenols is 1. The lowest BCUT2D eigenvalue weighted by molar-refractivity contribution is -0.112. The number of hydrogen-bond donors (Lipinski definition) is 2. The maximum atomic E-state index is 12.2. The van der Waals surface area contributed by atoms with E-state index in [4.69, 9.17) is 5.26 Å². The van der Waals surface area contributed by atoms with E-state index in [0.29, 0.717) is 11.3 Å². The molecule has 110 valence electrons. The molecule has 0 aromatic heterocycles. The van der Waals surface area contributed by atoms with Crippen LogP contribution >= 0.6 is 0 Å². The van der Waals surface area contributed by atoms with Crippen LogP contribution in [0.3, 0.4) is 0 Å². The summed E-state index contributed by atoms with van der Waals surface area (Å²) in [6, 6.07) is 13.9. The monoisotopic (exact) mass is 292 g/mol. The summed E-state index contributed by atoms with van der Waals surface area (Å²) in [4.78, 5) is 12.2. The third-order valence-corrected chi connectivity index (χ3v) is 3.37. The molecule has 0 unspecified atom stereocenters. The van der Waals surface area contributed by atoms with Gasteiger partial charge < -0.3 is 10.4 Å². The van der Waals surface area contributed by atoms with Crippen molar-refractivity contribution < 1.29 is 9.90 Å². The van der Waals surface area contributed by atoms with Crippen molar-refractivity contribution in [3.05, 3.63) is 64.7 Å². The van der Waals surface area contributed by atoms with Gasteiger partial charge in [0.05, 0.1) is 0 Å². The highest BCUT2D eigenvalue weighted by Crippen LogP contribution is 2.20. The average molecular weight is 292 g/mol. The fourth-order valence-corrected chi connectivity index (χ4v) is 1.93. The van der Waals surface area contributed by atoms with Crippen LogP contribution in [0, 0.1) is 25.2 Å². The van der Waals surface area contributed by atoms with Crippen LogP contribution in [0.2, 0.25) is 0 Å². The smallest absolute Gasteiger partial charge is 0.266 e. The molecule has 0 saturated heterocycles. The molecule has 1 amide bonds. The molecular weight excluding hydrogens is 276 g/mol. The number of phenolic OH excluding ortho intramolecular Hbond substituents is 1. The van der Waals surface area contributed by atoms with Crippen LogP contribution < -0.4 is 5.32 Å². The Hall–Kier alpha value is -3.06. The first-order chi connectivity index (χ1) is 10.5. The number of nitrogens with zero attached hydrogens (tertiary/aromatic N) is 1. The van der Waals surface area contributed by atoms with Gasteiger partial charge in [-0.2, -0.15) is 5.26 Å². The van der Waals surface area contributed by atoms with E-state index in [1.165, 1.54) is 12.1 Å². The Bertz CT molecular complexity index is 786. The Morgan fingerprint density at radius 3 is 2.55 bits per heavy atom. The highest BCUT2D eigenvalue weighted by atomic mass is 16.3. The van der Waals surface area contributed by atoms with E-state index in [1.807, 2.05) is 32.0 Å². The number of carbonyl (C=O) groups excluding carboxylic acids is 1. The molecule has 22 heavy (non-hydrogen) atoms. The second-order valence-corrected chi connectivity index (χ2v) is 4.98. The highest BCUT2D eigenvalue weighted by Gasteiger charge is 2.11. The molecule has 0 heterocycles. The summed E-state index contributed by atoms with van der Waals surface area (Å²) in [5, 5.41) is 21.6. The van der Waals surface area contributed by atoms with Gasteiger partial charge >= 0.3 is 0 Å². The maximum absolute atomic E-state index is 12.2. The van der Waals surface area contributed by atoms with Gasteiger partial charge in [0.2, 0.25) is 0 Å². The zero-order valence-electron chi connectivity index (χ0n) is 12.4. The van der Waals surface area contributed by atoms with Crippen LogP contribution in [-0.2, 0) is 4.79 Å². The molecule has 4 heteroatoms. The van der Waals surface area contributed by atoms with Crippen LogP contribution in [0.4, 0.5) is 5.69 Å². The molecule has 0 aliphatic carbocycles. The quantitative estimate of drug-likeness (QED) is 0.671. The van der Waals surface area contributed by atoms with E-state index in [0.717, 1.165) is 11.1 Å². The van der Waals surface area contributed by atoms with E-state index in [-0.39, 0.29) is 11.3 Å².